The standard InChI is InChI=1S/C19H21NO4S2/c1-12-9-14-10-13(6-7-15(14)24-12)11-16-18(23)20(19(25)26-16)8-4-2-3-5-17(21)22/h6-7,10-12H,2-5,8-9H2,1H3,(H,21,22)/p-1/b16-11-/t12-/m0/s1. The lowest BCUT2D eigenvalue weighted by Gasteiger charge is -2.14. The van der Waals surface area contributed by atoms with Crippen LogP contribution in [0.1, 0.15) is 43.7 Å². The van der Waals surface area contributed by atoms with Gasteiger partial charge in [-0.05, 0) is 55.5 Å². The largest absolute Gasteiger partial charge is 0.550 e. The molecule has 2 aliphatic heterocycles. The van der Waals surface area contributed by atoms with Gasteiger partial charge in [0.05, 0.1) is 4.91 Å². The molecule has 7 heteroatoms. The summed E-state index contributed by atoms with van der Waals surface area (Å²) >= 11 is 6.64. The van der Waals surface area contributed by atoms with Gasteiger partial charge in [-0.25, -0.2) is 0 Å². The second kappa shape index (κ2) is 8.22. The van der Waals surface area contributed by atoms with Gasteiger partial charge in [-0.1, -0.05) is 36.5 Å². The van der Waals surface area contributed by atoms with Gasteiger partial charge in [-0.2, -0.15) is 0 Å². The fourth-order valence-corrected chi connectivity index (χ4v) is 4.40. The van der Waals surface area contributed by atoms with Crippen molar-refractivity contribution >= 4 is 46.3 Å². The molecule has 0 bridgehead atoms. The van der Waals surface area contributed by atoms with E-state index in [-0.39, 0.29) is 18.4 Å². The molecular weight excluding hydrogens is 370 g/mol. The number of aliphatic carboxylic acids is 1. The lowest BCUT2D eigenvalue weighted by Crippen LogP contribution is -2.29. The van der Waals surface area contributed by atoms with Crippen LogP contribution in [-0.4, -0.2) is 33.7 Å². The van der Waals surface area contributed by atoms with Gasteiger partial charge < -0.3 is 14.6 Å². The maximum absolute atomic E-state index is 12.6. The van der Waals surface area contributed by atoms with Crippen LogP contribution < -0.4 is 9.84 Å². The van der Waals surface area contributed by atoms with Gasteiger partial charge >= 0.3 is 0 Å². The third-order valence-corrected chi connectivity index (χ3v) is 5.73. The van der Waals surface area contributed by atoms with Gasteiger partial charge in [0, 0.05) is 18.9 Å². The van der Waals surface area contributed by atoms with Gasteiger partial charge in [0.25, 0.3) is 5.91 Å². The maximum atomic E-state index is 12.6. The van der Waals surface area contributed by atoms with Crippen molar-refractivity contribution in [2.75, 3.05) is 6.54 Å². The molecule has 0 spiro atoms. The van der Waals surface area contributed by atoms with Gasteiger partial charge in [0.15, 0.2) is 0 Å². The SMILES string of the molecule is C[C@H]1Cc2cc(/C=C3\SC(=S)N(CCCCCC(=O)[O-])C3=O)ccc2O1. The number of carbonyl (C=O) groups is 2. The van der Waals surface area contributed by atoms with Crippen LogP contribution in [0.25, 0.3) is 6.08 Å². The predicted octanol–water partition coefficient (Wildman–Crippen LogP) is 2.52. The van der Waals surface area contributed by atoms with E-state index in [1.165, 1.54) is 11.8 Å². The summed E-state index contributed by atoms with van der Waals surface area (Å²) in [5.74, 6) is -0.198. The average Bonchev–Trinajstić information content (AvgIpc) is 3.07. The number of rotatable bonds is 7. The summed E-state index contributed by atoms with van der Waals surface area (Å²) in [5, 5.41) is 10.4. The lowest BCUT2D eigenvalue weighted by molar-refractivity contribution is -0.305. The van der Waals surface area contributed by atoms with E-state index >= 15 is 0 Å². The smallest absolute Gasteiger partial charge is 0.266 e. The first kappa shape index (κ1) is 18.9. The Balaban J connectivity index is 1.60. The van der Waals surface area contributed by atoms with Crippen molar-refractivity contribution in [3.8, 4) is 5.75 Å². The molecule has 1 aromatic carbocycles. The summed E-state index contributed by atoms with van der Waals surface area (Å²) in [6.07, 6.45) is 5.01. The number of unbranched alkanes of at least 4 members (excludes halogenated alkanes) is 2. The van der Waals surface area contributed by atoms with Crippen molar-refractivity contribution in [1.82, 2.24) is 4.90 Å². The number of hydrogen-bond acceptors (Lipinski definition) is 6. The molecule has 5 nitrogen and oxygen atoms in total. The highest BCUT2D eigenvalue weighted by Gasteiger charge is 2.31. The molecular formula is C19H20NO4S2-. The Morgan fingerprint density at radius 3 is 3.00 bits per heavy atom. The van der Waals surface area contributed by atoms with Gasteiger partial charge in [-0.15, -0.1) is 0 Å². The number of nitrogens with zero attached hydrogens (tertiary/aromatic N) is 1. The minimum atomic E-state index is -1.03. The Labute approximate surface area is 162 Å². The Kier molecular flexibility index (Phi) is 5.98. The molecule has 2 aliphatic rings. The van der Waals surface area contributed by atoms with E-state index in [1.54, 1.807) is 4.90 Å². The van der Waals surface area contributed by atoms with Crippen LogP contribution in [0.4, 0.5) is 0 Å². The highest BCUT2D eigenvalue weighted by Crippen LogP contribution is 2.35. The van der Waals surface area contributed by atoms with E-state index in [0.29, 0.717) is 22.2 Å². The number of carboxylic acids is 1. The van der Waals surface area contributed by atoms with Crippen molar-refractivity contribution in [1.29, 1.82) is 0 Å². The number of amides is 1. The summed E-state index contributed by atoms with van der Waals surface area (Å²) in [4.78, 5) is 25.2. The first-order valence-corrected chi connectivity index (χ1v) is 9.91. The number of hydrogen-bond donors (Lipinski definition) is 0. The van der Waals surface area contributed by atoms with E-state index in [0.717, 1.165) is 36.1 Å². The zero-order valence-corrected chi connectivity index (χ0v) is 16.2. The van der Waals surface area contributed by atoms with Crippen molar-refractivity contribution in [3.63, 3.8) is 0 Å². The average molecular weight is 391 g/mol. The van der Waals surface area contributed by atoms with Crippen molar-refractivity contribution < 1.29 is 19.4 Å². The summed E-state index contributed by atoms with van der Waals surface area (Å²) in [6.45, 7) is 2.56. The molecule has 0 N–H and O–H groups in total. The molecule has 1 aromatic rings. The first-order valence-electron chi connectivity index (χ1n) is 8.69. The Bertz CT molecular complexity index is 775. The van der Waals surface area contributed by atoms with E-state index in [4.69, 9.17) is 17.0 Å². The van der Waals surface area contributed by atoms with E-state index in [9.17, 15) is 14.7 Å². The Hall–Kier alpha value is -1.86. The number of fused-ring (bicyclic) bond motifs is 1. The van der Waals surface area contributed by atoms with Crippen LogP contribution in [-0.2, 0) is 16.0 Å². The quantitative estimate of drug-likeness (QED) is 0.405. The number of ether oxygens (including phenoxy) is 1. The van der Waals surface area contributed by atoms with Crippen LogP contribution in [0.2, 0.25) is 0 Å². The second-order valence-electron chi connectivity index (χ2n) is 6.52. The number of thiocarbonyl (C=S) groups is 1. The molecule has 26 heavy (non-hydrogen) atoms. The zero-order valence-electron chi connectivity index (χ0n) is 14.5. The molecule has 0 aliphatic carbocycles. The van der Waals surface area contributed by atoms with Crippen LogP contribution in [0.3, 0.4) is 0 Å². The van der Waals surface area contributed by atoms with Crippen molar-refractivity contribution in [2.24, 2.45) is 0 Å². The predicted molar refractivity (Wildman–Crippen MR) is 104 cm³/mol. The van der Waals surface area contributed by atoms with Gasteiger partial charge in [-0.3, -0.25) is 9.69 Å². The minimum absolute atomic E-state index is 0.0545. The highest BCUT2D eigenvalue weighted by molar-refractivity contribution is 8.26. The van der Waals surface area contributed by atoms with Crippen LogP contribution in [0, 0.1) is 0 Å². The summed E-state index contributed by atoms with van der Waals surface area (Å²) in [5.41, 5.74) is 2.13. The maximum Gasteiger partial charge on any atom is 0.266 e. The monoisotopic (exact) mass is 390 g/mol. The topological polar surface area (TPSA) is 69.7 Å². The second-order valence-corrected chi connectivity index (χ2v) is 8.19. The molecule has 138 valence electrons. The molecule has 0 unspecified atom stereocenters. The van der Waals surface area contributed by atoms with Gasteiger partial charge in [0.2, 0.25) is 0 Å². The van der Waals surface area contributed by atoms with Crippen LogP contribution in [0.5, 0.6) is 5.75 Å². The van der Waals surface area contributed by atoms with Crippen LogP contribution in [0.15, 0.2) is 23.1 Å². The fourth-order valence-electron chi connectivity index (χ4n) is 3.09. The molecule has 1 atom stereocenters. The molecule has 2 heterocycles. The zero-order chi connectivity index (χ0) is 18.7. The third-order valence-electron chi connectivity index (χ3n) is 4.35. The fraction of sp³-hybridized carbons (Fsp3) is 0.421. The Morgan fingerprint density at radius 1 is 1.42 bits per heavy atom. The number of carbonyl (C=O) groups excluding carboxylic acids is 2. The molecule has 1 fully saturated rings. The van der Waals surface area contributed by atoms with E-state index in [1.807, 2.05) is 25.1 Å². The Morgan fingerprint density at radius 2 is 2.23 bits per heavy atom. The number of thioether (sulfide) groups is 1. The number of carboxylic acid groups (broad SMARTS) is 1. The van der Waals surface area contributed by atoms with Crippen LogP contribution >= 0.6 is 24.0 Å². The van der Waals surface area contributed by atoms with E-state index in [2.05, 4.69) is 6.07 Å². The highest BCUT2D eigenvalue weighted by atomic mass is 32.2. The summed E-state index contributed by atoms with van der Waals surface area (Å²) in [7, 11) is 0. The summed E-state index contributed by atoms with van der Waals surface area (Å²) < 4.78 is 6.26. The summed E-state index contributed by atoms with van der Waals surface area (Å²) in [6, 6.07) is 5.96. The minimum Gasteiger partial charge on any atom is -0.550 e. The van der Waals surface area contributed by atoms with Crippen molar-refractivity contribution in [3.05, 3.63) is 34.2 Å². The molecule has 1 saturated heterocycles. The molecule has 0 radical (unpaired) electrons. The molecule has 0 aromatic heterocycles. The molecule has 3 rings (SSSR count). The normalized spacial score (nSPS) is 20.6. The van der Waals surface area contributed by atoms with E-state index < -0.39 is 5.97 Å². The number of benzene rings is 1. The van der Waals surface area contributed by atoms with Gasteiger partial charge in [0.1, 0.15) is 16.2 Å². The molecule has 1 amide bonds. The first-order chi connectivity index (χ1) is 12.4. The third kappa shape index (κ3) is 4.45. The molecule has 0 saturated carbocycles. The van der Waals surface area contributed by atoms with Crippen molar-refractivity contribution in [2.45, 2.75) is 45.1 Å². The lowest BCUT2D eigenvalue weighted by atomic mass is 10.1.